The molecule has 2 unspecified atom stereocenters. The van der Waals surface area contributed by atoms with Crippen molar-refractivity contribution < 1.29 is 18.3 Å². The number of carbonyl (C=O) groups is 1. The van der Waals surface area contributed by atoms with Gasteiger partial charge in [0.05, 0.1) is 12.6 Å². The lowest BCUT2D eigenvalue weighted by atomic mass is 10.1. The molecule has 1 aliphatic heterocycles. The second kappa shape index (κ2) is 4.19. The zero-order chi connectivity index (χ0) is 12.7. The molecule has 0 radical (unpaired) electrons. The number of aliphatic hydroxyl groups is 1. The van der Waals surface area contributed by atoms with Gasteiger partial charge in [0, 0.05) is 5.25 Å². The fraction of sp³-hybridized carbons (Fsp3) is 0.889. The lowest BCUT2D eigenvalue weighted by Gasteiger charge is -2.47. The minimum absolute atomic E-state index is 0.151. The summed E-state index contributed by atoms with van der Waals surface area (Å²) in [7, 11) is -3.55. The summed E-state index contributed by atoms with van der Waals surface area (Å²) in [5.74, 6) is -0.396. The van der Waals surface area contributed by atoms with Crippen LogP contribution in [0.5, 0.6) is 0 Å². The third-order valence-corrected chi connectivity index (χ3v) is 6.64. The van der Waals surface area contributed by atoms with Crippen molar-refractivity contribution in [2.45, 2.75) is 36.8 Å². The Labute approximate surface area is 100 Å². The van der Waals surface area contributed by atoms with Crippen molar-refractivity contribution in [3.8, 4) is 0 Å². The molecule has 0 spiro atoms. The van der Waals surface area contributed by atoms with Gasteiger partial charge in [0.1, 0.15) is 0 Å². The summed E-state index contributed by atoms with van der Waals surface area (Å²) in [4.78, 5) is 11.7. The average molecular weight is 267 g/mol. The van der Waals surface area contributed by atoms with Gasteiger partial charge in [0.15, 0.2) is 4.75 Å². The van der Waals surface area contributed by atoms with Gasteiger partial charge in [-0.2, -0.15) is 11.8 Å². The fourth-order valence-electron chi connectivity index (χ4n) is 1.67. The van der Waals surface area contributed by atoms with Crippen molar-refractivity contribution in [3.05, 3.63) is 0 Å². The molecule has 1 fully saturated rings. The number of hydrogen-bond acceptors (Lipinski definition) is 5. The Kier molecular flexibility index (Phi) is 3.62. The highest BCUT2D eigenvalue weighted by molar-refractivity contribution is 7.99. The Morgan fingerprint density at radius 3 is 2.31 bits per heavy atom. The van der Waals surface area contributed by atoms with Crippen molar-refractivity contribution >= 4 is 27.7 Å². The molecule has 0 aromatic heterocycles. The van der Waals surface area contributed by atoms with Crippen molar-refractivity contribution in [2.24, 2.45) is 0 Å². The van der Waals surface area contributed by atoms with E-state index in [1.165, 1.54) is 25.6 Å². The molecule has 5 nitrogen and oxygen atoms in total. The smallest absolute Gasteiger partial charge is 0.259 e. The normalized spacial score (nSPS) is 26.1. The molecule has 0 bridgehead atoms. The summed E-state index contributed by atoms with van der Waals surface area (Å²) in [6, 6.07) is -0.509. The molecular weight excluding hydrogens is 250 g/mol. The molecule has 7 heteroatoms. The Morgan fingerprint density at radius 2 is 2.00 bits per heavy atom. The number of amides is 1. The first-order chi connectivity index (χ1) is 7.21. The average Bonchev–Trinajstić information content (AvgIpc) is 2.19. The largest absolute Gasteiger partial charge is 0.395 e. The Balaban J connectivity index is 2.97. The van der Waals surface area contributed by atoms with E-state index in [-0.39, 0.29) is 11.9 Å². The maximum Gasteiger partial charge on any atom is 0.259 e. The molecule has 1 saturated heterocycles. The van der Waals surface area contributed by atoms with Crippen LogP contribution in [0.3, 0.4) is 0 Å². The number of aliphatic hydroxyl groups excluding tert-OH is 1. The van der Waals surface area contributed by atoms with Crippen LogP contribution in [0.1, 0.15) is 20.8 Å². The third kappa shape index (κ3) is 1.65. The summed E-state index contributed by atoms with van der Waals surface area (Å²) < 4.78 is 23.3. The van der Waals surface area contributed by atoms with E-state index in [0.717, 1.165) is 4.31 Å². The molecule has 0 aromatic carbocycles. The van der Waals surface area contributed by atoms with Crippen LogP contribution >= 0.6 is 11.8 Å². The van der Waals surface area contributed by atoms with Gasteiger partial charge in [-0.05, 0) is 27.0 Å². The van der Waals surface area contributed by atoms with Crippen LogP contribution in [0.15, 0.2) is 0 Å². The minimum atomic E-state index is -3.55. The first-order valence-electron chi connectivity index (χ1n) is 4.94. The summed E-state index contributed by atoms with van der Waals surface area (Å²) in [6.07, 6.45) is 1.78. The van der Waals surface area contributed by atoms with Gasteiger partial charge in [-0.1, -0.05) is 0 Å². The van der Waals surface area contributed by atoms with Crippen LogP contribution in [0.25, 0.3) is 0 Å². The van der Waals surface area contributed by atoms with Crippen LogP contribution in [0.2, 0.25) is 0 Å². The van der Waals surface area contributed by atoms with Gasteiger partial charge in [-0.15, -0.1) is 0 Å². The highest BCUT2D eigenvalue weighted by Gasteiger charge is 2.62. The highest BCUT2D eigenvalue weighted by Crippen LogP contribution is 2.38. The summed E-state index contributed by atoms with van der Waals surface area (Å²) in [5.41, 5.74) is 0. The Bertz CT molecular complexity index is 386. The van der Waals surface area contributed by atoms with Crippen molar-refractivity contribution in [3.63, 3.8) is 0 Å². The van der Waals surface area contributed by atoms with E-state index in [2.05, 4.69) is 0 Å². The fourth-order valence-corrected chi connectivity index (χ4v) is 4.12. The quantitative estimate of drug-likeness (QED) is 0.779. The number of rotatable bonds is 4. The molecular formula is C9H17NO4S2. The van der Waals surface area contributed by atoms with Gasteiger partial charge < -0.3 is 5.11 Å². The first kappa shape index (κ1) is 13.8. The lowest BCUT2D eigenvalue weighted by molar-refractivity contribution is -0.133. The lowest BCUT2D eigenvalue weighted by Crippen LogP contribution is -2.70. The number of hydrogen-bond donors (Lipinski definition) is 1. The van der Waals surface area contributed by atoms with Gasteiger partial charge in [0.25, 0.3) is 15.9 Å². The van der Waals surface area contributed by atoms with E-state index in [1.807, 2.05) is 0 Å². The van der Waals surface area contributed by atoms with Crippen molar-refractivity contribution in [2.75, 3.05) is 12.9 Å². The van der Waals surface area contributed by atoms with Gasteiger partial charge in [0.2, 0.25) is 0 Å². The van der Waals surface area contributed by atoms with Crippen LogP contribution < -0.4 is 0 Å². The van der Waals surface area contributed by atoms with E-state index < -0.39 is 26.7 Å². The minimum Gasteiger partial charge on any atom is -0.395 e. The van der Waals surface area contributed by atoms with Gasteiger partial charge >= 0.3 is 0 Å². The molecule has 1 rings (SSSR count). The third-order valence-electron chi connectivity index (χ3n) is 3.01. The molecule has 94 valence electrons. The molecule has 2 atom stereocenters. The summed E-state index contributed by atoms with van der Waals surface area (Å²) >= 11 is 1.35. The maximum atomic E-state index is 11.9. The molecule has 0 saturated carbocycles. The molecule has 1 amide bonds. The van der Waals surface area contributed by atoms with Crippen molar-refractivity contribution in [1.29, 1.82) is 0 Å². The predicted molar refractivity (Wildman–Crippen MR) is 63.7 cm³/mol. The Morgan fingerprint density at radius 1 is 1.50 bits per heavy atom. The standard InChI is InChI=1S/C9H17NO4S2/c1-6(7(5-11)15-4)10-8(12)9(2,3)16(10,13)14/h6-7,11H,5H2,1-4H3. The van der Waals surface area contributed by atoms with Gasteiger partial charge in [-0.25, -0.2) is 12.7 Å². The van der Waals surface area contributed by atoms with E-state index in [0.29, 0.717) is 0 Å². The molecule has 0 aromatic rings. The van der Waals surface area contributed by atoms with E-state index in [9.17, 15) is 13.2 Å². The van der Waals surface area contributed by atoms with Gasteiger partial charge in [-0.3, -0.25) is 4.79 Å². The van der Waals surface area contributed by atoms with Crippen LogP contribution in [0, 0.1) is 0 Å². The highest BCUT2D eigenvalue weighted by atomic mass is 32.2. The molecule has 1 N–H and O–H groups in total. The molecule has 0 aliphatic carbocycles. The van der Waals surface area contributed by atoms with E-state index >= 15 is 0 Å². The SMILES string of the molecule is CSC(CO)C(C)N1C(=O)C(C)(C)S1(=O)=O. The first-order valence-corrected chi connectivity index (χ1v) is 7.66. The number of thioether (sulfide) groups is 1. The number of sulfonamides is 1. The van der Waals surface area contributed by atoms with Crippen LogP contribution in [0.4, 0.5) is 0 Å². The van der Waals surface area contributed by atoms with E-state index in [1.54, 1.807) is 13.2 Å². The number of nitrogens with zero attached hydrogens (tertiary/aromatic N) is 1. The summed E-state index contributed by atoms with van der Waals surface area (Å²) in [6.45, 7) is 4.30. The van der Waals surface area contributed by atoms with Crippen molar-refractivity contribution in [1.82, 2.24) is 4.31 Å². The molecule has 16 heavy (non-hydrogen) atoms. The zero-order valence-corrected chi connectivity index (χ0v) is 11.4. The second-order valence-corrected chi connectivity index (χ2v) is 7.75. The van der Waals surface area contributed by atoms with E-state index in [4.69, 9.17) is 5.11 Å². The summed E-state index contributed by atoms with van der Waals surface area (Å²) in [5, 5.41) is 8.82. The Hall–Kier alpha value is -0.270. The maximum absolute atomic E-state index is 11.9. The zero-order valence-electron chi connectivity index (χ0n) is 9.80. The number of carbonyl (C=O) groups excluding carboxylic acids is 1. The predicted octanol–water partition coefficient (Wildman–Crippen LogP) is 0.0494. The molecule has 1 aliphatic rings. The molecule has 1 heterocycles. The topological polar surface area (TPSA) is 74.7 Å². The van der Waals surface area contributed by atoms with Crippen LogP contribution in [-0.4, -0.2) is 52.6 Å². The van der Waals surface area contributed by atoms with Crippen LogP contribution in [-0.2, 0) is 14.8 Å². The second-order valence-electron chi connectivity index (χ2n) is 4.31. The monoisotopic (exact) mass is 267 g/mol.